The molecular formula is C40H26F6N2. The van der Waals surface area contributed by atoms with Crippen molar-refractivity contribution < 1.29 is 26.3 Å². The second-order valence-electron chi connectivity index (χ2n) is 12.2. The first-order valence-corrected chi connectivity index (χ1v) is 15.3. The molecule has 8 heteroatoms. The molecule has 2 nitrogen and oxygen atoms in total. The monoisotopic (exact) mass is 648 g/mol. The zero-order chi connectivity index (χ0) is 33.5. The Hall–Kier alpha value is -5.50. The topological polar surface area (TPSA) is 9.86 Å². The summed E-state index contributed by atoms with van der Waals surface area (Å²) < 4.78 is 92.5. The van der Waals surface area contributed by atoms with Crippen LogP contribution in [0.5, 0.6) is 0 Å². The summed E-state index contributed by atoms with van der Waals surface area (Å²) in [5, 5.41) is 3.43. The van der Waals surface area contributed by atoms with E-state index >= 15 is 13.2 Å². The Morgan fingerprint density at radius 1 is 0.396 bits per heavy atom. The third kappa shape index (κ3) is 4.58. The molecule has 0 N–H and O–H groups in total. The molecule has 238 valence electrons. The number of hydrogen-bond donors (Lipinski definition) is 0. The van der Waals surface area contributed by atoms with Crippen LogP contribution in [0.25, 0.3) is 66.1 Å². The molecule has 0 aliphatic heterocycles. The molecule has 0 radical (unpaired) electrons. The van der Waals surface area contributed by atoms with Crippen LogP contribution < -0.4 is 0 Å². The maximum absolute atomic E-state index is 15.2. The van der Waals surface area contributed by atoms with E-state index in [1.165, 1.54) is 18.2 Å². The molecule has 8 rings (SSSR count). The SMILES string of the molecule is Cc1ccc2c3ccccc3n(-c3cc(-c4ccccc4C(F)(F)F)c(C(F)(F)F)cc3-n3c4ccccc4c4ccc(C)cc43)c2c1. The molecule has 0 amide bonds. The Bertz CT molecular complexity index is 2560. The molecule has 2 aromatic heterocycles. The fourth-order valence-electron chi connectivity index (χ4n) is 7.04. The van der Waals surface area contributed by atoms with E-state index in [-0.39, 0.29) is 5.69 Å². The van der Waals surface area contributed by atoms with E-state index in [4.69, 9.17) is 0 Å². The van der Waals surface area contributed by atoms with Crippen LogP contribution in [-0.2, 0) is 12.4 Å². The number of rotatable bonds is 3. The number of nitrogens with zero attached hydrogens (tertiary/aromatic N) is 2. The molecular weight excluding hydrogens is 622 g/mol. The van der Waals surface area contributed by atoms with Crippen LogP contribution in [0.15, 0.2) is 121 Å². The van der Waals surface area contributed by atoms with Crippen molar-refractivity contribution in [1.82, 2.24) is 9.13 Å². The van der Waals surface area contributed by atoms with E-state index in [1.807, 2.05) is 103 Å². The van der Waals surface area contributed by atoms with Gasteiger partial charge < -0.3 is 9.13 Å². The van der Waals surface area contributed by atoms with Crippen molar-refractivity contribution in [3.63, 3.8) is 0 Å². The summed E-state index contributed by atoms with van der Waals surface area (Å²) in [6.07, 6.45) is -9.86. The molecule has 6 aromatic carbocycles. The van der Waals surface area contributed by atoms with E-state index in [2.05, 4.69) is 0 Å². The normalized spacial score (nSPS) is 12.6. The standard InChI is InChI=1S/C40H26F6N2/c1-23-15-17-28-26-10-4-7-13-33(26)47(35(28)19-23)37-21-30(25-9-3-6-12-31(25)39(41,42)43)32(40(44,45)46)22-38(37)48-34-14-8-5-11-27(34)29-18-16-24(2)20-36(29)48/h3-22H,1-2H3. The third-order valence-corrected chi connectivity index (χ3v) is 9.08. The highest BCUT2D eigenvalue weighted by Gasteiger charge is 2.39. The lowest BCUT2D eigenvalue weighted by Gasteiger charge is -2.23. The molecule has 2 heterocycles. The van der Waals surface area contributed by atoms with Gasteiger partial charge in [0.2, 0.25) is 0 Å². The minimum absolute atomic E-state index is 0.191. The maximum Gasteiger partial charge on any atom is 0.417 e. The van der Waals surface area contributed by atoms with Crippen LogP contribution in [-0.4, -0.2) is 9.13 Å². The van der Waals surface area contributed by atoms with E-state index in [9.17, 15) is 13.2 Å². The van der Waals surface area contributed by atoms with Crippen LogP contribution in [0, 0.1) is 13.8 Å². The van der Waals surface area contributed by atoms with Crippen molar-refractivity contribution in [3.8, 4) is 22.5 Å². The van der Waals surface area contributed by atoms with Crippen molar-refractivity contribution in [2.45, 2.75) is 26.2 Å². The van der Waals surface area contributed by atoms with E-state index in [0.717, 1.165) is 56.4 Å². The fraction of sp³-hybridized carbons (Fsp3) is 0.100. The Balaban J connectivity index is 1.62. The van der Waals surface area contributed by atoms with Gasteiger partial charge in [0.15, 0.2) is 0 Å². The molecule has 0 fully saturated rings. The van der Waals surface area contributed by atoms with Crippen LogP contribution in [0.2, 0.25) is 0 Å². The van der Waals surface area contributed by atoms with Crippen molar-refractivity contribution >= 4 is 43.6 Å². The molecule has 0 spiro atoms. The van der Waals surface area contributed by atoms with E-state index < -0.39 is 34.6 Å². The van der Waals surface area contributed by atoms with Crippen molar-refractivity contribution in [2.24, 2.45) is 0 Å². The van der Waals surface area contributed by atoms with Gasteiger partial charge in [-0.15, -0.1) is 0 Å². The summed E-state index contributed by atoms with van der Waals surface area (Å²) >= 11 is 0. The number of halogens is 6. The Morgan fingerprint density at radius 2 is 0.833 bits per heavy atom. The molecule has 0 atom stereocenters. The lowest BCUT2D eigenvalue weighted by Crippen LogP contribution is -2.14. The predicted octanol–water partition coefficient (Wildman–Crippen LogP) is 12.2. The van der Waals surface area contributed by atoms with Gasteiger partial charge in [0.25, 0.3) is 0 Å². The van der Waals surface area contributed by atoms with Crippen LogP contribution >= 0.6 is 0 Å². The van der Waals surface area contributed by atoms with Gasteiger partial charge in [0.1, 0.15) is 0 Å². The number of aryl methyl sites for hydroxylation is 2. The number of alkyl halides is 6. The van der Waals surface area contributed by atoms with Gasteiger partial charge in [-0.25, -0.2) is 0 Å². The molecule has 0 unspecified atom stereocenters. The fourth-order valence-corrected chi connectivity index (χ4v) is 7.04. The Kier molecular flexibility index (Phi) is 6.54. The first kappa shape index (κ1) is 29.9. The van der Waals surface area contributed by atoms with Crippen LogP contribution in [0.4, 0.5) is 26.3 Å². The minimum atomic E-state index is -4.98. The number of hydrogen-bond acceptors (Lipinski definition) is 0. The predicted molar refractivity (Wildman–Crippen MR) is 180 cm³/mol. The Morgan fingerprint density at radius 3 is 1.35 bits per heavy atom. The summed E-state index contributed by atoms with van der Waals surface area (Å²) in [5.74, 6) is 0. The smallest absolute Gasteiger partial charge is 0.307 e. The number of para-hydroxylation sites is 2. The number of benzene rings is 6. The van der Waals surface area contributed by atoms with Crippen molar-refractivity contribution in [3.05, 3.63) is 144 Å². The molecule has 0 bridgehead atoms. The van der Waals surface area contributed by atoms with Gasteiger partial charge in [0.05, 0.1) is 44.6 Å². The van der Waals surface area contributed by atoms with Gasteiger partial charge in [-0.2, -0.15) is 26.3 Å². The van der Waals surface area contributed by atoms with Crippen molar-refractivity contribution in [2.75, 3.05) is 0 Å². The van der Waals surface area contributed by atoms with E-state index in [1.54, 1.807) is 4.57 Å². The third-order valence-electron chi connectivity index (χ3n) is 9.08. The quantitative estimate of drug-likeness (QED) is 0.169. The largest absolute Gasteiger partial charge is 0.417 e. The van der Waals surface area contributed by atoms with Gasteiger partial charge in [-0.3, -0.25) is 0 Å². The molecule has 0 saturated heterocycles. The first-order chi connectivity index (χ1) is 22.9. The average molecular weight is 649 g/mol. The Labute approximate surface area is 271 Å². The lowest BCUT2D eigenvalue weighted by atomic mass is 9.93. The molecule has 0 aliphatic carbocycles. The molecule has 0 aliphatic rings. The lowest BCUT2D eigenvalue weighted by molar-refractivity contribution is -0.139. The molecule has 0 saturated carbocycles. The molecule has 48 heavy (non-hydrogen) atoms. The first-order valence-electron chi connectivity index (χ1n) is 15.3. The second kappa shape index (κ2) is 10.5. The highest BCUT2D eigenvalue weighted by atomic mass is 19.4. The van der Waals surface area contributed by atoms with E-state index in [0.29, 0.717) is 22.2 Å². The van der Waals surface area contributed by atoms with Crippen molar-refractivity contribution in [1.29, 1.82) is 0 Å². The van der Waals surface area contributed by atoms with Crippen LogP contribution in [0.1, 0.15) is 22.3 Å². The summed E-state index contributed by atoms with van der Waals surface area (Å²) in [7, 11) is 0. The molecule has 8 aromatic rings. The summed E-state index contributed by atoms with van der Waals surface area (Å²) in [5.41, 5.74) is 1.75. The zero-order valence-corrected chi connectivity index (χ0v) is 25.7. The van der Waals surface area contributed by atoms with Gasteiger partial charge in [0, 0.05) is 21.5 Å². The van der Waals surface area contributed by atoms with Gasteiger partial charge in [-0.1, -0.05) is 78.9 Å². The highest BCUT2D eigenvalue weighted by molar-refractivity contribution is 6.12. The summed E-state index contributed by atoms with van der Waals surface area (Å²) in [4.78, 5) is 0. The zero-order valence-electron chi connectivity index (χ0n) is 25.7. The summed E-state index contributed by atoms with van der Waals surface area (Å²) in [6.45, 7) is 3.84. The minimum Gasteiger partial charge on any atom is -0.307 e. The average Bonchev–Trinajstić information content (AvgIpc) is 3.55. The van der Waals surface area contributed by atoms with Crippen LogP contribution in [0.3, 0.4) is 0 Å². The number of aromatic nitrogens is 2. The van der Waals surface area contributed by atoms with Gasteiger partial charge >= 0.3 is 12.4 Å². The second-order valence-corrected chi connectivity index (χ2v) is 12.2. The summed E-state index contributed by atoms with van der Waals surface area (Å²) in [6, 6.07) is 33.5. The van der Waals surface area contributed by atoms with Gasteiger partial charge in [-0.05, 0) is 78.6 Å². The number of fused-ring (bicyclic) bond motifs is 6. The maximum atomic E-state index is 15.2. The highest BCUT2D eigenvalue weighted by Crippen LogP contribution is 2.47.